The topological polar surface area (TPSA) is 38.8 Å². The Morgan fingerprint density at radius 2 is 2.18 bits per heavy atom. The number of rotatable bonds is 3. The minimum Gasteiger partial charge on any atom is -0.486 e. The molecule has 1 amide bonds. The SMILES string of the molecule is C=CCN1C(=O)/C(=C/c2cc(Cl)c3c(c2)OCCO3)SC1=S. The standard InChI is InChI=1S/C15H12ClNO3S2/c1-2-3-17-14(18)12(22-15(17)21)8-9-6-10(16)13-11(7-9)19-4-5-20-13/h2,6-8H,1,3-5H2/b12-8-. The molecule has 114 valence electrons. The first-order valence-electron chi connectivity index (χ1n) is 6.55. The molecule has 0 atom stereocenters. The maximum absolute atomic E-state index is 12.3. The van der Waals surface area contributed by atoms with Crippen LogP contribution in [0, 0.1) is 0 Å². The number of fused-ring (bicyclic) bond motifs is 1. The van der Waals surface area contributed by atoms with E-state index in [1.807, 2.05) is 0 Å². The van der Waals surface area contributed by atoms with E-state index in [2.05, 4.69) is 6.58 Å². The molecule has 0 aliphatic carbocycles. The van der Waals surface area contributed by atoms with Crippen LogP contribution in [-0.4, -0.2) is 34.9 Å². The van der Waals surface area contributed by atoms with Gasteiger partial charge in [0.2, 0.25) is 0 Å². The molecule has 1 fully saturated rings. The molecule has 22 heavy (non-hydrogen) atoms. The first-order valence-corrected chi connectivity index (χ1v) is 8.16. The fourth-order valence-corrected chi connectivity index (χ4v) is 3.70. The van der Waals surface area contributed by atoms with Crippen molar-refractivity contribution in [2.75, 3.05) is 19.8 Å². The molecule has 1 saturated heterocycles. The Labute approximate surface area is 142 Å². The summed E-state index contributed by atoms with van der Waals surface area (Å²) in [6, 6.07) is 3.55. The fourth-order valence-electron chi connectivity index (χ4n) is 2.15. The lowest BCUT2D eigenvalue weighted by molar-refractivity contribution is -0.121. The molecule has 2 aliphatic heterocycles. The zero-order valence-electron chi connectivity index (χ0n) is 11.5. The number of carbonyl (C=O) groups is 1. The number of hydrogen-bond donors (Lipinski definition) is 0. The normalized spacial score (nSPS) is 19.0. The molecule has 0 saturated carbocycles. The van der Waals surface area contributed by atoms with Crippen LogP contribution in [0.15, 0.2) is 29.7 Å². The molecule has 7 heteroatoms. The number of thioether (sulfide) groups is 1. The van der Waals surface area contributed by atoms with Crippen LogP contribution in [0.25, 0.3) is 6.08 Å². The van der Waals surface area contributed by atoms with E-state index in [1.54, 1.807) is 24.3 Å². The van der Waals surface area contributed by atoms with Gasteiger partial charge in [0.05, 0.1) is 9.93 Å². The molecule has 3 rings (SSSR count). The summed E-state index contributed by atoms with van der Waals surface area (Å²) in [5, 5.41) is 0.463. The maximum atomic E-state index is 12.3. The summed E-state index contributed by atoms with van der Waals surface area (Å²) in [7, 11) is 0. The third-order valence-electron chi connectivity index (χ3n) is 3.10. The molecule has 2 heterocycles. The van der Waals surface area contributed by atoms with Gasteiger partial charge < -0.3 is 9.47 Å². The largest absolute Gasteiger partial charge is 0.486 e. The molecule has 0 spiro atoms. The van der Waals surface area contributed by atoms with Crippen molar-refractivity contribution in [3.05, 3.63) is 40.3 Å². The number of carbonyl (C=O) groups excluding carboxylic acids is 1. The molecule has 0 aromatic heterocycles. The number of nitrogens with zero attached hydrogens (tertiary/aromatic N) is 1. The van der Waals surface area contributed by atoms with Crippen LogP contribution in [0.5, 0.6) is 11.5 Å². The first-order chi connectivity index (χ1) is 10.6. The average Bonchev–Trinajstić information content (AvgIpc) is 2.75. The number of halogens is 1. The summed E-state index contributed by atoms with van der Waals surface area (Å²) in [5.74, 6) is 1.01. The van der Waals surface area contributed by atoms with Crippen LogP contribution >= 0.6 is 35.6 Å². The Balaban J connectivity index is 1.92. The Morgan fingerprint density at radius 1 is 1.41 bits per heavy atom. The Hall–Kier alpha value is -1.50. The van der Waals surface area contributed by atoms with Gasteiger partial charge in [-0.1, -0.05) is 41.7 Å². The quantitative estimate of drug-likeness (QED) is 0.472. The van der Waals surface area contributed by atoms with Gasteiger partial charge in [-0.25, -0.2) is 0 Å². The minimum absolute atomic E-state index is 0.124. The molecule has 0 bridgehead atoms. The summed E-state index contributed by atoms with van der Waals surface area (Å²) in [4.78, 5) is 14.4. The van der Waals surface area contributed by atoms with E-state index in [9.17, 15) is 4.79 Å². The van der Waals surface area contributed by atoms with Gasteiger partial charge in [-0.05, 0) is 23.8 Å². The Morgan fingerprint density at radius 3 is 2.95 bits per heavy atom. The van der Waals surface area contributed by atoms with Gasteiger partial charge in [0.1, 0.15) is 17.5 Å². The molecule has 0 N–H and O–H groups in total. The second-order valence-corrected chi connectivity index (χ2v) is 6.69. The van der Waals surface area contributed by atoms with E-state index in [0.717, 1.165) is 5.56 Å². The third-order valence-corrected chi connectivity index (χ3v) is 4.76. The highest BCUT2D eigenvalue weighted by molar-refractivity contribution is 8.26. The number of hydrogen-bond acceptors (Lipinski definition) is 5. The van der Waals surface area contributed by atoms with Crippen molar-refractivity contribution in [1.29, 1.82) is 0 Å². The van der Waals surface area contributed by atoms with Gasteiger partial charge in [-0.3, -0.25) is 9.69 Å². The van der Waals surface area contributed by atoms with E-state index in [-0.39, 0.29) is 5.91 Å². The van der Waals surface area contributed by atoms with Crippen LogP contribution in [0.1, 0.15) is 5.56 Å². The lowest BCUT2D eigenvalue weighted by atomic mass is 10.1. The highest BCUT2D eigenvalue weighted by Gasteiger charge is 2.31. The summed E-state index contributed by atoms with van der Waals surface area (Å²) in [6.45, 7) is 5.00. The zero-order valence-corrected chi connectivity index (χ0v) is 13.9. The second kappa shape index (κ2) is 6.32. The zero-order chi connectivity index (χ0) is 15.7. The van der Waals surface area contributed by atoms with Gasteiger partial charge in [0.15, 0.2) is 11.5 Å². The van der Waals surface area contributed by atoms with Crippen LogP contribution in [-0.2, 0) is 4.79 Å². The lowest BCUT2D eigenvalue weighted by Crippen LogP contribution is -2.27. The van der Waals surface area contributed by atoms with Crippen molar-refractivity contribution in [3.8, 4) is 11.5 Å². The average molecular weight is 354 g/mol. The van der Waals surface area contributed by atoms with E-state index in [0.29, 0.717) is 45.5 Å². The van der Waals surface area contributed by atoms with E-state index < -0.39 is 0 Å². The lowest BCUT2D eigenvalue weighted by Gasteiger charge is -2.19. The van der Waals surface area contributed by atoms with Crippen molar-refractivity contribution in [2.45, 2.75) is 0 Å². The minimum atomic E-state index is -0.124. The summed E-state index contributed by atoms with van der Waals surface area (Å²) in [5.41, 5.74) is 0.772. The molecule has 0 unspecified atom stereocenters. The number of thiocarbonyl (C=S) groups is 1. The molecular formula is C15H12ClNO3S2. The molecular weight excluding hydrogens is 342 g/mol. The number of amides is 1. The summed E-state index contributed by atoms with van der Waals surface area (Å²) >= 11 is 12.7. The van der Waals surface area contributed by atoms with E-state index in [1.165, 1.54) is 16.7 Å². The Bertz CT molecular complexity index is 702. The molecule has 2 aliphatic rings. The highest BCUT2D eigenvalue weighted by Crippen LogP contribution is 2.40. The smallest absolute Gasteiger partial charge is 0.266 e. The summed E-state index contributed by atoms with van der Waals surface area (Å²) < 4.78 is 11.5. The predicted molar refractivity (Wildman–Crippen MR) is 92.5 cm³/mol. The third kappa shape index (κ3) is 2.86. The monoisotopic (exact) mass is 353 g/mol. The number of ether oxygens (including phenoxy) is 2. The van der Waals surface area contributed by atoms with Crippen LogP contribution in [0.4, 0.5) is 0 Å². The van der Waals surface area contributed by atoms with E-state index in [4.69, 9.17) is 33.3 Å². The fraction of sp³-hybridized carbons (Fsp3) is 0.200. The predicted octanol–water partition coefficient (Wildman–Crippen LogP) is 3.50. The van der Waals surface area contributed by atoms with Crippen molar-refractivity contribution >= 4 is 51.9 Å². The number of benzene rings is 1. The van der Waals surface area contributed by atoms with Gasteiger partial charge in [-0.2, -0.15) is 0 Å². The van der Waals surface area contributed by atoms with Gasteiger partial charge in [0, 0.05) is 6.54 Å². The van der Waals surface area contributed by atoms with Gasteiger partial charge in [-0.15, -0.1) is 6.58 Å². The second-order valence-electron chi connectivity index (χ2n) is 4.61. The van der Waals surface area contributed by atoms with Gasteiger partial charge in [0.25, 0.3) is 5.91 Å². The van der Waals surface area contributed by atoms with Crippen LogP contribution < -0.4 is 9.47 Å². The summed E-state index contributed by atoms with van der Waals surface area (Å²) in [6.07, 6.45) is 3.40. The molecule has 1 aromatic rings. The highest BCUT2D eigenvalue weighted by atomic mass is 35.5. The molecule has 4 nitrogen and oxygen atoms in total. The Kier molecular flexibility index (Phi) is 4.42. The van der Waals surface area contributed by atoms with Crippen molar-refractivity contribution in [1.82, 2.24) is 4.90 Å². The maximum Gasteiger partial charge on any atom is 0.266 e. The van der Waals surface area contributed by atoms with Crippen LogP contribution in [0.3, 0.4) is 0 Å². The van der Waals surface area contributed by atoms with Crippen molar-refractivity contribution < 1.29 is 14.3 Å². The first kappa shape index (κ1) is 15.4. The van der Waals surface area contributed by atoms with Crippen molar-refractivity contribution in [3.63, 3.8) is 0 Å². The van der Waals surface area contributed by atoms with Crippen LogP contribution in [0.2, 0.25) is 5.02 Å². The molecule has 0 radical (unpaired) electrons. The van der Waals surface area contributed by atoms with Gasteiger partial charge >= 0.3 is 0 Å². The van der Waals surface area contributed by atoms with Crippen molar-refractivity contribution in [2.24, 2.45) is 0 Å². The van der Waals surface area contributed by atoms with E-state index >= 15 is 0 Å². The molecule has 1 aromatic carbocycles.